The first-order valence-electron chi connectivity index (χ1n) is 5.57. The first-order valence-corrected chi connectivity index (χ1v) is 6.74. The molecule has 0 spiro atoms. The molecule has 4 heteroatoms. The van der Waals surface area contributed by atoms with E-state index in [1.54, 1.807) is 0 Å². The van der Waals surface area contributed by atoms with E-state index in [0.29, 0.717) is 6.04 Å². The van der Waals surface area contributed by atoms with E-state index in [1.165, 1.54) is 5.56 Å². The maximum atomic E-state index is 5.92. The molecule has 1 heterocycles. The third-order valence-electron chi connectivity index (χ3n) is 3.04. The minimum Gasteiger partial charge on any atom is -0.328 e. The van der Waals surface area contributed by atoms with Crippen LogP contribution in [0.3, 0.4) is 0 Å². The Balaban J connectivity index is 1.98. The van der Waals surface area contributed by atoms with Gasteiger partial charge < -0.3 is 5.73 Å². The molecule has 0 amide bonds. The second kappa shape index (κ2) is 5.50. The van der Waals surface area contributed by atoms with Gasteiger partial charge in [0.05, 0.1) is 0 Å². The SMILES string of the molecule is NC1CCN(Cc2ccc(Cl)cc2Br)CC1. The van der Waals surface area contributed by atoms with Gasteiger partial charge >= 0.3 is 0 Å². The quantitative estimate of drug-likeness (QED) is 0.910. The highest BCUT2D eigenvalue weighted by Gasteiger charge is 2.16. The molecule has 1 aliphatic rings. The number of halogens is 2. The highest BCUT2D eigenvalue weighted by Crippen LogP contribution is 2.23. The molecule has 1 aromatic rings. The van der Waals surface area contributed by atoms with Gasteiger partial charge in [-0.25, -0.2) is 0 Å². The molecule has 0 saturated carbocycles. The third kappa shape index (κ3) is 3.20. The summed E-state index contributed by atoms with van der Waals surface area (Å²) < 4.78 is 1.09. The maximum Gasteiger partial charge on any atom is 0.0417 e. The van der Waals surface area contributed by atoms with Crippen LogP contribution in [-0.4, -0.2) is 24.0 Å². The van der Waals surface area contributed by atoms with Crippen molar-refractivity contribution in [1.29, 1.82) is 0 Å². The van der Waals surface area contributed by atoms with Gasteiger partial charge in [-0.2, -0.15) is 0 Å². The Hall–Kier alpha value is -0.0900. The Kier molecular flexibility index (Phi) is 4.25. The molecule has 0 aromatic heterocycles. The Labute approximate surface area is 110 Å². The van der Waals surface area contributed by atoms with Crippen LogP contribution in [-0.2, 0) is 6.54 Å². The number of likely N-dealkylation sites (tertiary alicyclic amines) is 1. The number of hydrogen-bond donors (Lipinski definition) is 1. The molecule has 1 aromatic carbocycles. The van der Waals surface area contributed by atoms with Crippen molar-refractivity contribution in [3.8, 4) is 0 Å². The van der Waals surface area contributed by atoms with Crippen LogP contribution in [0, 0.1) is 0 Å². The average molecular weight is 304 g/mol. The number of nitrogens with two attached hydrogens (primary N) is 1. The van der Waals surface area contributed by atoms with Gasteiger partial charge in [0.15, 0.2) is 0 Å². The predicted molar refractivity (Wildman–Crippen MR) is 71.6 cm³/mol. The second-order valence-electron chi connectivity index (χ2n) is 4.35. The van der Waals surface area contributed by atoms with E-state index in [9.17, 15) is 0 Å². The van der Waals surface area contributed by atoms with Crippen LogP contribution in [0.2, 0.25) is 5.02 Å². The van der Waals surface area contributed by atoms with Crippen molar-refractivity contribution in [3.63, 3.8) is 0 Å². The van der Waals surface area contributed by atoms with Crippen LogP contribution in [0.15, 0.2) is 22.7 Å². The van der Waals surface area contributed by atoms with Crippen molar-refractivity contribution >= 4 is 27.5 Å². The molecule has 2 rings (SSSR count). The number of hydrogen-bond acceptors (Lipinski definition) is 2. The molecule has 16 heavy (non-hydrogen) atoms. The molecule has 0 bridgehead atoms. The van der Waals surface area contributed by atoms with Crippen LogP contribution >= 0.6 is 27.5 Å². The van der Waals surface area contributed by atoms with Gasteiger partial charge in [0, 0.05) is 22.1 Å². The summed E-state index contributed by atoms with van der Waals surface area (Å²) in [6.07, 6.45) is 2.20. The Bertz CT molecular complexity index is 362. The molecule has 1 saturated heterocycles. The van der Waals surface area contributed by atoms with Gasteiger partial charge in [0.1, 0.15) is 0 Å². The summed E-state index contributed by atoms with van der Waals surface area (Å²) in [7, 11) is 0. The Morgan fingerprint density at radius 1 is 1.38 bits per heavy atom. The van der Waals surface area contributed by atoms with Gasteiger partial charge in [-0.3, -0.25) is 4.90 Å². The lowest BCUT2D eigenvalue weighted by atomic mass is 10.1. The zero-order valence-corrected chi connectivity index (χ0v) is 11.5. The normalized spacial score (nSPS) is 18.9. The molecular formula is C12H16BrClN2. The van der Waals surface area contributed by atoms with Crippen molar-refractivity contribution < 1.29 is 0 Å². The summed E-state index contributed by atoms with van der Waals surface area (Å²) in [5, 5.41) is 0.774. The minimum atomic E-state index is 0.393. The van der Waals surface area contributed by atoms with Crippen LogP contribution in [0.1, 0.15) is 18.4 Å². The van der Waals surface area contributed by atoms with Crippen LogP contribution in [0.4, 0.5) is 0 Å². The second-order valence-corrected chi connectivity index (χ2v) is 5.64. The zero-order valence-electron chi connectivity index (χ0n) is 9.13. The molecular weight excluding hydrogens is 288 g/mol. The van der Waals surface area contributed by atoms with Gasteiger partial charge in [-0.05, 0) is 43.6 Å². The molecule has 0 aliphatic carbocycles. The van der Waals surface area contributed by atoms with Gasteiger partial charge in [0.25, 0.3) is 0 Å². The minimum absolute atomic E-state index is 0.393. The van der Waals surface area contributed by atoms with Crippen LogP contribution < -0.4 is 5.73 Å². The lowest BCUT2D eigenvalue weighted by Gasteiger charge is -2.30. The maximum absolute atomic E-state index is 5.92. The summed E-state index contributed by atoms with van der Waals surface area (Å²) >= 11 is 9.47. The molecule has 2 nitrogen and oxygen atoms in total. The first kappa shape index (κ1) is 12.4. The number of rotatable bonds is 2. The number of piperidine rings is 1. The van der Waals surface area contributed by atoms with E-state index in [-0.39, 0.29) is 0 Å². The Morgan fingerprint density at radius 2 is 2.06 bits per heavy atom. The summed E-state index contributed by atoms with van der Waals surface area (Å²) in [5.74, 6) is 0. The number of benzene rings is 1. The molecule has 1 fully saturated rings. The molecule has 88 valence electrons. The van der Waals surface area contributed by atoms with Gasteiger partial charge in [-0.1, -0.05) is 33.6 Å². The van der Waals surface area contributed by atoms with E-state index in [1.807, 2.05) is 12.1 Å². The van der Waals surface area contributed by atoms with Gasteiger partial charge in [-0.15, -0.1) is 0 Å². The van der Waals surface area contributed by atoms with Crippen molar-refractivity contribution in [1.82, 2.24) is 4.90 Å². The largest absolute Gasteiger partial charge is 0.328 e. The molecule has 1 aliphatic heterocycles. The van der Waals surface area contributed by atoms with E-state index in [0.717, 1.165) is 42.0 Å². The first-order chi connectivity index (χ1) is 7.65. The van der Waals surface area contributed by atoms with E-state index >= 15 is 0 Å². The van der Waals surface area contributed by atoms with Crippen molar-refractivity contribution in [2.75, 3.05) is 13.1 Å². The van der Waals surface area contributed by atoms with Crippen LogP contribution in [0.25, 0.3) is 0 Å². The van der Waals surface area contributed by atoms with E-state index in [4.69, 9.17) is 17.3 Å². The topological polar surface area (TPSA) is 29.3 Å². The van der Waals surface area contributed by atoms with Crippen molar-refractivity contribution in [2.24, 2.45) is 5.73 Å². The number of nitrogens with zero attached hydrogens (tertiary/aromatic N) is 1. The molecule has 2 N–H and O–H groups in total. The fraction of sp³-hybridized carbons (Fsp3) is 0.500. The Morgan fingerprint density at radius 3 is 2.69 bits per heavy atom. The molecule has 0 unspecified atom stereocenters. The molecule has 0 radical (unpaired) electrons. The standard InChI is InChI=1S/C12H16BrClN2/c13-12-7-10(14)2-1-9(12)8-16-5-3-11(15)4-6-16/h1-2,7,11H,3-6,8,15H2. The predicted octanol–water partition coefficient (Wildman–Crippen LogP) is 3.03. The van der Waals surface area contributed by atoms with Gasteiger partial charge in [0.2, 0.25) is 0 Å². The smallest absolute Gasteiger partial charge is 0.0417 e. The highest BCUT2D eigenvalue weighted by molar-refractivity contribution is 9.10. The summed E-state index contributed by atoms with van der Waals surface area (Å²) in [5.41, 5.74) is 7.18. The monoisotopic (exact) mass is 302 g/mol. The summed E-state index contributed by atoms with van der Waals surface area (Å²) in [6.45, 7) is 3.16. The third-order valence-corrected chi connectivity index (χ3v) is 4.01. The summed E-state index contributed by atoms with van der Waals surface area (Å²) in [6, 6.07) is 6.37. The lowest BCUT2D eigenvalue weighted by molar-refractivity contribution is 0.205. The fourth-order valence-corrected chi connectivity index (χ4v) is 2.81. The van der Waals surface area contributed by atoms with E-state index < -0.39 is 0 Å². The zero-order chi connectivity index (χ0) is 11.5. The highest BCUT2D eigenvalue weighted by atomic mass is 79.9. The molecule has 0 atom stereocenters. The fourth-order valence-electron chi connectivity index (χ4n) is 2.00. The van der Waals surface area contributed by atoms with Crippen molar-refractivity contribution in [3.05, 3.63) is 33.3 Å². The average Bonchev–Trinajstić information content (AvgIpc) is 2.25. The van der Waals surface area contributed by atoms with Crippen molar-refractivity contribution in [2.45, 2.75) is 25.4 Å². The summed E-state index contributed by atoms with van der Waals surface area (Å²) in [4.78, 5) is 2.44. The lowest BCUT2D eigenvalue weighted by Crippen LogP contribution is -2.39. The van der Waals surface area contributed by atoms with Crippen LogP contribution in [0.5, 0.6) is 0 Å². The van der Waals surface area contributed by atoms with E-state index in [2.05, 4.69) is 26.9 Å².